The van der Waals surface area contributed by atoms with Gasteiger partial charge in [-0.1, -0.05) is 18.2 Å². The SMILES string of the molecule is O=c1cc(-c2cc3ccccc3oc2=O)c2ccc(OCc3c(F)c(F)c(F)c(F)c3F)cc2o1. The van der Waals surface area contributed by atoms with Crippen LogP contribution in [0.5, 0.6) is 5.75 Å². The molecular weight excluding hydrogens is 475 g/mol. The van der Waals surface area contributed by atoms with Crippen LogP contribution in [0.1, 0.15) is 5.56 Å². The maximum Gasteiger partial charge on any atom is 0.344 e. The molecule has 0 aliphatic rings. The lowest BCUT2D eigenvalue weighted by Gasteiger charge is -2.11. The summed E-state index contributed by atoms with van der Waals surface area (Å²) in [4.78, 5) is 24.8. The second kappa shape index (κ2) is 8.39. The number of halogens is 5. The molecular formula is C25H11F5O5. The van der Waals surface area contributed by atoms with E-state index in [-0.39, 0.29) is 22.5 Å². The Morgan fingerprint density at radius 2 is 1.37 bits per heavy atom. The summed E-state index contributed by atoms with van der Waals surface area (Å²) in [5, 5.41) is 0.932. The minimum Gasteiger partial charge on any atom is -0.489 e. The summed E-state index contributed by atoms with van der Waals surface area (Å²) < 4.78 is 83.5. The highest BCUT2D eigenvalue weighted by atomic mass is 19.2. The molecule has 3 aromatic carbocycles. The number of rotatable bonds is 4. The van der Waals surface area contributed by atoms with Gasteiger partial charge in [-0.25, -0.2) is 31.5 Å². The van der Waals surface area contributed by atoms with Crippen molar-refractivity contribution in [2.24, 2.45) is 0 Å². The Morgan fingerprint density at radius 1 is 0.686 bits per heavy atom. The second-order valence-corrected chi connectivity index (χ2v) is 7.46. The average molecular weight is 486 g/mol. The molecule has 0 saturated carbocycles. The Labute approximate surface area is 191 Å². The third-order valence-electron chi connectivity index (χ3n) is 5.33. The van der Waals surface area contributed by atoms with Gasteiger partial charge >= 0.3 is 11.3 Å². The summed E-state index contributed by atoms with van der Waals surface area (Å²) in [5.74, 6) is -10.6. The Bertz CT molecular complexity index is 1730. The molecule has 0 bridgehead atoms. The Kier molecular flexibility index (Phi) is 5.35. The first kappa shape index (κ1) is 22.3. The van der Waals surface area contributed by atoms with Crippen molar-refractivity contribution in [1.82, 2.24) is 0 Å². The van der Waals surface area contributed by atoms with Crippen LogP contribution in [0.3, 0.4) is 0 Å². The predicted molar refractivity (Wildman–Crippen MR) is 115 cm³/mol. The topological polar surface area (TPSA) is 69.7 Å². The largest absolute Gasteiger partial charge is 0.489 e. The molecule has 0 N–H and O–H groups in total. The van der Waals surface area contributed by atoms with E-state index in [0.717, 1.165) is 6.07 Å². The zero-order valence-electron chi connectivity index (χ0n) is 17.3. The van der Waals surface area contributed by atoms with E-state index in [1.165, 1.54) is 18.2 Å². The summed E-state index contributed by atoms with van der Waals surface area (Å²) >= 11 is 0. The Hall–Kier alpha value is -4.47. The van der Waals surface area contributed by atoms with Crippen molar-refractivity contribution in [1.29, 1.82) is 0 Å². The van der Waals surface area contributed by atoms with Gasteiger partial charge in [-0.05, 0) is 24.3 Å². The molecule has 5 aromatic rings. The predicted octanol–water partition coefficient (Wildman–Crippen LogP) is 5.84. The van der Waals surface area contributed by atoms with Crippen molar-refractivity contribution in [2.75, 3.05) is 0 Å². The van der Waals surface area contributed by atoms with Gasteiger partial charge in [0.25, 0.3) is 0 Å². The van der Waals surface area contributed by atoms with Gasteiger partial charge in [-0.3, -0.25) is 0 Å². The third-order valence-corrected chi connectivity index (χ3v) is 5.33. The Morgan fingerprint density at radius 3 is 2.11 bits per heavy atom. The average Bonchev–Trinajstić information content (AvgIpc) is 2.85. The van der Waals surface area contributed by atoms with Crippen LogP contribution in [0.2, 0.25) is 0 Å². The van der Waals surface area contributed by atoms with E-state index in [2.05, 4.69) is 0 Å². The molecule has 0 atom stereocenters. The zero-order chi connectivity index (χ0) is 24.9. The van der Waals surface area contributed by atoms with Crippen LogP contribution >= 0.6 is 0 Å². The highest BCUT2D eigenvalue weighted by Gasteiger charge is 2.26. The highest BCUT2D eigenvalue weighted by Crippen LogP contribution is 2.31. The monoisotopic (exact) mass is 486 g/mol. The van der Waals surface area contributed by atoms with Crippen LogP contribution in [0, 0.1) is 29.1 Å². The van der Waals surface area contributed by atoms with Crippen molar-refractivity contribution < 1.29 is 35.5 Å². The molecule has 5 rings (SSSR count). The van der Waals surface area contributed by atoms with E-state index in [1.807, 2.05) is 0 Å². The van der Waals surface area contributed by atoms with Crippen LogP contribution in [-0.2, 0) is 6.61 Å². The van der Waals surface area contributed by atoms with E-state index in [1.54, 1.807) is 30.3 Å². The number of ether oxygens (including phenoxy) is 1. The molecule has 0 radical (unpaired) electrons. The van der Waals surface area contributed by atoms with Gasteiger partial charge in [-0.15, -0.1) is 0 Å². The van der Waals surface area contributed by atoms with Crippen molar-refractivity contribution in [3.8, 4) is 16.9 Å². The number of hydrogen-bond acceptors (Lipinski definition) is 5. The first-order chi connectivity index (χ1) is 16.7. The summed E-state index contributed by atoms with van der Waals surface area (Å²) in [6, 6.07) is 13.4. The van der Waals surface area contributed by atoms with Crippen LogP contribution in [-0.4, -0.2) is 0 Å². The van der Waals surface area contributed by atoms with Crippen molar-refractivity contribution in [3.05, 3.63) is 110 Å². The third kappa shape index (κ3) is 3.82. The fourth-order valence-corrected chi connectivity index (χ4v) is 3.64. The van der Waals surface area contributed by atoms with Crippen LogP contribution in [0.25, 0.3) is 33.1 Å². The molecule has 5 nitrogen and oxygen atoms in total. The molecule has 0 amide bonds. The van der Waals surface area contributed by atoms with Gasteiger partial charge in [0.1, 0.15) is 23.5 Å². The maximum absolute atomic E-state index is 13.9. The fraction of sp³-hybridized carbons (Fsp3) is 0.0400. The first-order valence-electron chi connectivity index (χ1n) is 9.99. The highest BCUT2D eigenvalue weighted by molar-refractivity contribution is 5.95. The maximum atomic E-state index is 13.9. The summed E-state index contributed by atoms with van der Waals surface area (Å²) in [6.07, 6.45) is 0. The lowest BCUT2D eigenvalue weighted by molar-refractivity contribution is 0.279. The molecule has 0 fully saturated rings. The number of fused-ring (bicyclic) bond motifs is 2. The summed E-state index contributed by atoms with van der Waals surface area (Å²) in [5.41, 5.74) is -2.05. The van der Waals surface area contributed by atoms with E-state index in [0.29, 0.717) is 16.4 Å². The lowest BCUT2D eigenvalue weighted by atomic mass is 10.0. The minimum atomic E-state index is -2.28. The molecule has 10 heteroatoms. The van der Waals surface area contributed by atoms with Crippen LogP contribution in [0.4, 0.5) is 22.0 Å². The molecule has 0 saturated heterocycles. The van der Waals surface area contributed by atoms with Crippen LogP contribution < -0.4 is 16.0 Å². The fourth-order valence-electron chi connectivity index (χ4n) is 3.64. The quantitative estimate of drug-likeness (QED) is 0.138. The first-order valence-corrected chi connectivity index (χ1v) is 9.99. The number of hydrogen-bond donors (Lipinski definition) is 0. The molecule has 35 heavy (non-hydrogen) atoms. The second-order valence-electron chi connectivity index (χ2n) is 7.46. The molecule has 2 aromatic heterocycles. The van der Waals surface area contributed by atoms with Gasteiger partial charge in [0.15, 0.2) is 23.3 Å². The summed E-state index contributed by atoms with van der Waals surface area (Å²) in [7, 11) is 0. The van der Waals surface area contributed by atoms with Crippen molar-refractivity contribution >= 4 is 21.9 Å². The lowest BCUT2D eigenvalue weighted by Crippen LogP contribution is -2.10. The molecule has 176 valence electrons. The Balaban J connectivity index is 1.55. The number of benzene rings is 3. The molecule has 0 spiro atoms. The van der Waals surface area contributed by atoms with E-state index < -0.39 is 52.5 Å². The smallest absolute Gasteiger partial charge is 0.344 e. The van der Waals surface area contributed by atoms with Gasteiger partial charge < -0.3 is 13.6 Å². The minimum absolute atomic E-state index is 0.0463. The van der Waals surface area contributed by atoms with Crippen molar-refractivity contribution in [3.63, 3.8) is 0 Å². The van der Waals surface area contributed by atoms with Crippen molar-refractivity contribution in [2.45, 2.75) is 6.61 Å². The normalized spacial score (nSPS) is 11.3. The number of para-hydroxylation sites is 1. The molecule has 0 aliphatic carbocycles. The standard InChI is InChI=1S/C25H11F5O5/c26-20-16(21(27)23(29)24(30)22(20)28)10-33-12-5-6-13-14(9-19(31)34-18(13)8-12)15-7-11-3-1-2-4-17(11)35-25(15)32/h1-9H,10H2. The van der Waals surface area contributed by atoms with Gasteiger partial charge in [0, 0.05) is 28.5 Å². The van der Waals surface area contributed by atoms with Gasteiger partial charge in [-0.2, -0.15) is 0 Å². The van der Waals surface area contributed by atoms with Gasteiger partial charge in [0.05, 0.1) is 11.1 Å². The zero-order valence-corrected chi connectivity index (χ0v) is 17.3. The molecule has 0 unspecified atom stereocenters. The van der Waals surface area contributed by atoms with Gasteiger partial charge in [0.2, 0.25) is 5.82 Å². The molecule has 2 heterocycles. The van der Waals surface area contributed by atoms with E-state index in [4.69, 9.17) is 13.6 Å². The molecule has 0 aliphatic heterocycles. The summed E-state index contributed by atoms with van der Waals surface area (Å²) in [6.45, 7) is -0.991. The van der Waals surface area contributed by atoms with Crippen LogP contribution in [0.15, 0.2) is 73.0 Å². The van der Waals surface area contributed by atoms with E-state index in [9.17, 15) is 31.5 Å². The van der Waals surface area contributed by atoms with E-state index >= 15 is 0 Å².